The predicted octanol–water partition coefficient (Wildman–Crippen LogP) is 1.41. The number of nitrogens with one attached hydrogen (secondary N) is 1. The summed E-state index contributed by atoms with van der Waals surface area (Å²) in [7, 11) is -4.04. The van der Waals surface area contributed by atoms with Gasteiger partial charge in [0.1, 0.15) is 21.9 Å². The first kappa shape index (κ1) is 15.8. The van der Waals surface area contributed by atoms with Crippen LogP contribution in [0.2, 0.25) is 5.15 Å². The fourth-order valence-electron chi connectivity index (χ4n) is 1.65. The monoisotopic (exact) mass is 340 g/mol. The Kier molecular flexibility index (Phi) is 4.07. The van der Waals surface area contributed by atoms with Crippen molar-refractivity contribution in [1.82, 2.24) is 4.98 Å². The lowest BCUT2D eigenvalue weighted by molar-refractivity contribution is 0.0972. The molecule has 1 amide bonds. The van der Waals surface area contributed by atoms with Crippen LogP contribution in [0.4, 0.5) is 5.69 Å². The standard InChI is InChI=1S/C12H9ClN4O4S/c1-6-10(3-9(21-6)12(15)18)22(19,20)17-8-2-7(4-14)11(13)16-5-8/h2-3,5,17H,1H3,(H2,15,18). The zero-order valence-corrected chi connectivity index (χ0v) is 12.7. The molecule has 0 aliphatic carbocycles. The van der Waals surface area contributed by atoms with Crippen LogP contribution in [0.25, 0.3) is 0 Å². The third-order valence-corrected chi connectivity index (χ3v) is 4.41. The molecular weight excluding hydrogens is 332 g/mol. The van der Waals surface area contributed by atoms with E-state index in [4.69, 9.17) is 27.0 Å². The van der Waals surface area contributed by atoms with E-state index in [1.807, 2.05) is 0 Å². The van der Waals surface area contributed by atoms with Gasteiger partial charge in [-0.1, -0.05) is 11.6 Å². The van der Waals surface area contributed by atoms with Crippen molar-refractivity contribution in [3.8, 4) is 6.07 Å². The number of nitriles is 1. The molecule has 0 spiro atoms. The first-order valence-corrected chi connectivity index (χ1v) is 7.59. The van der Waals surface area contributed by atoms with Crippen LogP contribution in [0.15, 0.2) is 27.6 Å². The van der Waals surface area contributed by atoms with Gasteiger partial charge in [-0.25, -0.2) is 13.4 Å². The van der Waals surface area contributed by atoms with Gasteiger partial charge in [0, 0.05) is 6.07 Å². The number of rotatable bonds is 4. The van der Waals surface area contributed by atoms with E-state index in [2.05, 4.69) is 9.71 Å². The fraction of sp³-hybridized carbons (Fsp3) is 0.0833. The van der Waals surface area contributed by atoms with Gasteiger partial charge in [-0.2, -0.15) is 5.26 Å². The van der Waals surface area contributed by atoms with Crippen LogP contribution < -0.4 is 10.5 Å². The summed E-state index contributed by atoms with van der Waals surface area (Å²) in [4.78, 5) is 14.5. The van der Waals surface area contributed by atoms with Gasteiger partial charge in [0.2, 0.25) is 0 Å². The van der Waals surface area contributed by atoms with Crippen LogP contribution in [0.5, 0.6) is 0 Å². The Morgan fingerprint density at radius 2 is 2.18 bits per heavy atom. The van der Waals surface area contributed by atoms with Gasteiger partial charge in [-0.3, -0.25) is 9.52 Å². The van der Waals surface area contributed by atoms with Gasteiger partial charge in [-0.15, -0.1) is 0 Å². The molecule has 2 rings (SSSR count). The van der Waals surface area contributed by atoms with Crippen LogP contribution in [-0.4, -0.2) is 19.3 Å². The van der Waals surface area contributed by atoms with E-state index in [0.29, 0.717) is 0 Å². The number of aryl methyl sites for hydroxylation is 1. The molecule has 0 saturated carbocycles. The van der Waals surface area contributed by atoms with E-state index in [9.17, 15) is 13.2 Å². The van der Waals surface area contributed by atoms with E-state index in [1.54, 1.807) is 6.07 Å². The molecule has 10 heteroatoms. The van der Waals surface area contributed by atoms with Gasteiger partial charge in [0.25, 0.3) is 15.9 Å². The molecule has 0 atom stereocenters. The molecule has 8 nitrogen and oxygen atoms in total. The second-order valence-electron chi connectivity index (χ2n) is 4.18. The molecule has 3 N–H and O–H groups in total. The van der Waals surface area contributed by atoms with Crippen LogP contribution in [0, 0.1) is 18.3 Å². The van der Waals surface area contributed by atoms with Gasteiger partial charge in [0.15, 0.2) is 5.76 Å². The van der Waals surface area contributed by atoms with E-state index >= 15 is 0 Å². The molecule has 2 aromatic heterocycles. The number of hydrogen-bond acceptors (Lipinski definition) is 6. The topological polar surface area (TPSA) is 139 Å². The van der Waals surface area contributed by atoms with E-state index in [-0.39, 0.29) is 32.8 Å². The van der Waals surface area contributed by atoms with Crippen molar-refractivity contribution in [2.45, 2.75) is 11.8 Å². The second kappa shape index (κ2) is 5.67. The number of halogens is 1. The summed E-state index contributed by atoms with van der Waals surface area (Å²) >= 11 is 5.67. The number of amides is 1. The van der Waals surface area contributed by atoms with Crippen molar-refractivity contribution in [1.29, 1.82) is 5.26 Å². The quantitative estimate of drug-likeness (QED) is 0.806. The SMILES string of the molecule is Cc1oc(C(N)=O)cc1S(=O)(=O)Nc1cnc(Cl)c(C#N)c1. The molecule has 0 unspecified atom stereocenters. The fourth-order valence-corrected chi connectivity index (χ4v) is 3.01. The zero-order valence-electron chi connectivity index (χ0n) is 11.1. The van der Waals surface area contributed by atoms with Crippen molar-refractivity contribution in [2.75, 3.05) is 4.72 Å². The summed E-state index contributed by atoms with van der Waals surface area (Å²) < 4.78 is 31.8. The third kappa shape index (κ3) is 3.03. The molecule has 2 aromatic rings. The van der Waals surface area contributed by atoms with Crippen molar-refractivity contribution < 1.29 is 17.6 Å². The molecule has 0 bridgehead atoms. The molecule has 0 aliphatic rings. The smallest absolute Gasteiger partial charge is 0.284 e. The number of carbonyl (C=O) groups is 1. The zero-order chi connectivity index (χ0) is 16.5. The Hall–Kier alpha value is -2.57. The number of furan rings is 1. The molecule has 0 radical (unpaired) electrons. The van der Waals surface area contributed by atoms with Crippen molar-refractivity contribution >= 4 is 33.2 Å². The van der Waals surface area contributed by atoms with Gasteiger partial charge >= 0.3 is 0 Å². The van der Waals surface area contributed by atoms with Gasteiger partial charge in [-0.05, 0) is 13.0 Å². The summed E-state index contributed by atoms with van der Waals surface area (Å²) in [6, 6.07) is 4.04. The molecule has 2 heterocycles. The van der Waals surface area contributed by atoms with Crippen LogP contribution in [0.3, 0.4) is 0 Å². The maximum absolute atomic E-state index is 12.3. The maximum atomic E-state index is 12.3. The van der Waals surface area contributed by atoms with Crippen LogP contribution in [-0.2, 0) is 10.0 Å². The van der Waals surface area contributed by atoms with Gasteiger partial charge in [0.05, 0.1) is 17.4 Å². The molecule has 0 fully saturated rings. The van der Waals surface area contributed by atoms with E-state index < -0.39 is 15.9 Å². The largest absolute Gasteiger partial charge is 0.455 e. The first-order chi connectivity index (χ1) is 10.2. The molecule has 0 aliphatic heterocycles. The Labute approximate surface area is 130 Å². The molecule has 22 heavy (non-hydrogen) atoms. The average molecular weight is 341 g/mol. The summed E-state index contributed by atoms with van der Waals surface area (Å²) in [5.74, 6) is -1.15. The predicted molar refractivity (Wildman–Crippen MR) is 76.7 cm³/mol. The number of sulfonamides is 1. The Morgan fingerprint density at radius 3 is 2.73 bits per heavy atom. The number of aromatic nitrogens is 1. The summed E-state index contributed by atoms with van der Waals surface area (Å²) in [5.41, 5.74) is 5.10. The van der Waals surface area contributed by atoms with Crippen molar-refractivity contribution in [3.05, 3.63) is 40.6 Å². The normalized spacial score (nSPS) is 11.0. The molecular formula is C12H9ClN4O4S. The number of carbonyl (C=O) groups excluding carboxylic acids is 1. The number of pyridine rings is 1. The Morgan fingerprint density at radius 1 is 1.50 bits per heavy atom. The third-order valence-electron chi connectivity index (χ3n) is 2.62. The van der Waals surface area contributed by atoms with Crippen LogP contribution in [0.1, 0.15) is 21.9 Å². The average Bonchev–Trinajstić information content (AvgIpc) is 2.84. The molecule has 0 aromatic carbocycles. The summed E-state index contributed by atoms with van der Waals surface area (Å²) in [6.07, 6.45) is 1.16. The van der Waals surface area contributed by atoms with Crippen LogP contribution >= 0.6 is 11.6 Å². The maximum Gasteiger partial charge on any atom is 0.284 e. The number of hydrogen-bond donors (Lipinski definition) is 2. The summed E-state index contributed by atoms with van der Waals surface area (Å²) in [6.45, 7) is 1.38. The highest BCUT2D eigenvalue weighted by atomic mass is 35.5. The minimum atomic E-state index is -4.04. The van der Waals surface area contributed by atoms with E-state index in [1.165, 1.54) is 13.0 Å². The lowest BCUT2D eigenvalue weighted by atomic mass is 10.3. The highest BCUT2D eigenvalue weighted by molar-refractivity contribution is 7.92. The molecule has 114 valence electrons. The van der Waals surface area contributed by atoms with Crippen molar-refractivity contribution in [3.63, 3.8) is 0 Å². The minimum absolute atomic E-state index is 0.00345. The minimum Gasteiger partial charge on any atom is -0.455 e. The van der Waals surface area contributed by atoms with Crippen molar-refractivity contribution in [2.24, 2.45) is 5.73 Å². The number of anilines is 1. The molecule has 0 saturated heterocycles. The Balaban J connectivity index is 2.40. The first-order valence-electron chi connectivity index (χ1n) is 5.73. The summed E-state index contributed by atoms with van der Waals surface area (Å²) in [5, 5.41) is 8.81. The second-order valence-corrected chi connectivity index (χ2v) is 6.18. The van der Waals surface area contributed by atoms with Gasteiger partial charge < -0.3 is 10.2 Å². The number of primary amides is 1. The highest BCUT2D eigenvalue weighted by Gasteiger charge is 2.23. The Bertz CT molecular complexity index is 898. The lowest BCUT2D eigenvalue weighted by Crippen LogP contribution is -2.14. The van der Waals surface area contributed by atoms with E-state index in [0.717, 1.165) is 12.3 Å². The highest BCUT2D eigenvalue weighted by Crippen LogP contribution is 2.24. The number of nitrogens with zero attached hydrogens (tertiary/aromatic N) is 2. The number of nitrogens with two attached hydrogens (primary N) is 1. The lowest BCUT2D eigenvalue weighted by Gasteiger charge is -2.07.